The molecule has 12 rings (SSSR count). The Morgan fingerprint density at radius 2 is 1.00 bits per heavy atom. The number of rotatable bonds is 4. The van der Waals surface area contributed by atoms with E-state index in [1.54, 1.807) is 0 Å². The molecule has 1 aliphatic rings. The van der Waals surface area contributed by atoms with E-state index in [1.165, 1.54) is 64.9 Å². The van der Waals surface area contributed by atoms with E-state index < -0.39 is 0 Å². The largest absolute Gasteiger partial charge is 0.309 e. The zero-order valence-corrected chi connectivity index (χ0v) is 30.5. The quantitative estimate of drug-likeness (QED) is 0.170. The maximum Gasteiger partial charge on any atom is 0.142 e. The fourth-order valence-electron chi connectivity index (χ4n) is 9.44. The number of para-hydroxylation sites is 3. The van der Waals surface area contributed by atoms with Crippen LogP contribution in [0.2, 0.25) is 0 Å². The molecular weight excluding hydrogens is 681 g/mol. The maximum atomic E-state index is 5.51. The summed E-state index contributed by atoms with van der Waals surface area (Å²) in [5.74, 6) is 1.78. The summed E-state index contributed by atoms with van der Waals surface area (Å²) in [6.45, 7) is 0. The summed E-state index contributed by atoms with van der Waals surface area (Å²) < 4.78 is 4.91. The molecule has 56 heavy (non-hydrogen) atoms. The zero-order valence-electron chi connectivity index (χ0n) is 30.5. The van der Waals surface area contributed by atoms with Crippen LogP contribution < -0.4 is 0 Å². The second-order valence-electron chi connectivity index (χ2n) is 14.8. The van der Waals surface area contributed by atoms with E-state index in [1.807, 2.05) is 0 Å². The van der Waals surface area contributed by atoms with E-state index in [9.17, 15) is 0 Å². The van der Waals surface area contributed by atoms with Crippen LogP contribution in [0.15, 0.2) is 188 Å². The normalized spacial score (nSPS) is 14.4. The van der Waals surface area contributed by atoms with Crippen LogP contribution in [0.25, 0.3) is 98.7 Å². The minimum atomic E-state index is 0.0812. The van der Waals surface area contributed by atoms with Crippen molar-refractivity contribution in [2.45, 2.75) is 12.3 Å². The van der Waals surface area contributed by atoms with E-state index in [2.05, 4.69) is 197 Å². The van der Waals surface area contributed by atoms with Crippen molar-refractivity contribution in [3.63, 3.8) is 0 Å². The van der Waals surface area contributed by atoms with Crippen LogP contribution in [-0.4, -0.2) is 19.1 Å². The molecule has 1 atom stereocenters. The van der Waals surface area contributed by atoms with Gasteiger partial charge in [0.2, 0.25) is 0 Å². The number of aromatic nitrogens is 4. The van der Waals surface area contributed by atoms with Gasteiger partial charge in [-0.1, -0.05) is 158 Å². The Morgan fingerprint density at radius 1 is 0.446 bits per heavy atom. The van der Waals surface area contributed by atoms with Gasteiger partial charge < -0.3 is 4.57 Å². The molecule has 4 heteroatoms. The van der Waals surface area contributed by atoms with Gasteiger partial charge in [-0.3, -0.25) is 4.57 Å². The van der Waals surface area contributed by atoms with E-state index in [-0.39, 0.29) is 5.92 Å². The molecule has 3 heterocycles. The zero-order chi connectivity index (χ0) is 36.7. The van der Waals surface area contributed by atoms with Gasteiger partial charge in [-0.25, -0.2) is 9.97 Å². The van der Waals surface area contributed by atoms with E-state index in [0.717, 1.165) is 46.0 Å². The van der Waals surface area contributed by atoms with Crippen molar-refractivity contribution in [2.75, 3.05) is 0 Å². The van der Waals surface area contributed by atoms with E-state index >= 15 is 0 Å². The highest BCUT2D eigenvalue weighted by Gasteiger charge is 2.27. The molecule has 8 aromatic carbocycles. The van der Waals surface area contributed by atoms with Crippen molar-refractivity contribution in [3.05, 3.63) is 194 Å². The first-order valence-corrected chi connectivity index (χ1v) is 19.4. The molecule has 0 N–H and O–H groups in total. The summed E-state index contributed by atoms with van der Waals surface area (Å²) in [7, 11) is 0. The molecule has 4 nitrogen and oxygen atoms in total. The van der Waals surface area contributed by atoms with Gasteiger partial charge in [0.15, 0.2) is 0 Å². The molecule has 11 aromatic rings. The molecule has 0 radical (unpaired) electrons. The molecule has 1 unspecified atom stereocenters. The highest BCUT2D eigenvalue weighted by atomic mass is 15.1. The lowest BCUT2D eigenvalue weighted by Crippen LogP contribution is -2.08. The summed E-state index contributed by atoms with van der Waals surface area (Å²) in [6, 6.07) is 59.3. The standard InChI is InChI=1S/C52H34N4/c1-4-18-33(19-5-1)42-32-45(54-52(53-42)34-20-6-2-7-21-34)56-44-31-17-14-28-40(44)46-36-24-10-11-25-37(36)47-48(51(46)56)38-26-12-13-27-39(38)50-49(47)41-29-15-16-30-43(41)55(50)35-22-8-3-9-23-35/h1-20,22-32,34H,21H2. The molecule has 0 spiro atoms. The van der Waals surface area contributed by atoms with Crippen LogP contribution in [0.5, 0.6) is 0 Å². The molecule has 0 aliphatic heterocycles. The molecule has 262 valence electrons. The van der Waals surface area contributed by atoms with Crippen LogP contribution in [0.3, 0.4) is 0 Å². The minimum absolute atomic E-state index is 0.0812. The average Bonchev–Trinajstić information content (AvgIpc) is 3.81. The lowest BCUT2D eigenvalue weighted by Gasteiger charge is -2.18. The Labute approximate surface area is 322 Å². The number of allylic oxidation sites excluding steroid dienone is 4. The molecule has 1 aliphatic carbocycles. The fourth-order valence-corrected chi connectivity index (χ4v) is 9.44. The first-order chi connectivity index (χ1) is 27.8. The third kappa shape index (κ3) is 4.41. The van der Waals surface area contributed by atoms with Gasteiger partial charge in [-0.15, -0.1) is 0 Å². The molecule has 0 fully saturated rings. The van der Waals surface area contributed by atoms with Crippen molar-refractivity contribution in [3.8, 4) is 22.8 Å². The predicted octanol–water partition coefficient (Wildman–Crippen LogP) is 13.4. The third-order valence-corrected chi connectivity index (χ3v) is 11.8. The number of benzene rings is 8. The smallest absolute Gasteiger partial charge is 0.142 e. The van der Waals surface area contributed by atoms with Gasteiger partial charge in [0, 0.05) is 60.9 Å². The summed E-state index contributed by atoms with van der Waals surface area (Å²) >= 11 is 0. The van der Waals surface area contributed by atoms with Crippen LogP contribution in [-0.2, 0) is 0 Å². The lowest BCUT2D eigenvalue weighted by molar-refractivity contribution is 0.766. The molecule has 0 bridgehead atoms. The maximum absolute atomic E-state index is 5.51. The summed E-state index contributed by atoms with van der Waals surface area (Å²) in [4.78, 5) is 10.8. The van der Waals surface area contributed by atoms with Crippen molar-refractivity contribution < 1.29 is 0 Å². The van der Waals surface area contributed by atoms with Crippen molar-refractivity contribution in [1.82, 2.24) is 19.1 Å². The number of hydrogen-bond acceptors (Lipinski definition) is 2. The second-order valence-corrected chi connectivity index (χ2v) is 14.8. The Hall–Kier alpha value is -7.30. The summed E-state index contributed by atoms with van der Waals surface area (Å²) in [5.41, 5.74) is 7.85. The predicted molar refractivity (Wildman–Crippen MR) is 234 cm³/mol. The van der Waals surface area contributed by atoms with Gasteiger partial charge in [-0.2, -0.15) is 0 Å². The molecule has 0 saturated heterocycles. The van der Waals surface area contributed by atoms with Gasteiger partial charge in [0.05, 0.1) is 27.8 Å². The molecular formula is C52H34N4. The summed E-state index contributed by atoms with van der Waals surface area (Å²) in [5, 5.41) is 12.4. The first-order valence-electron chi connectivity index (χ1n) is 19.4. The van der Waals surface area contributed by atoms with Crippen LogP contribution in [0.4, 0.5) is 0 Å². The highest BCUT2D eigenvalue weighted by molar-refractivity contribution is 6.44. The number of fused-ring (bicyclic) bond motifs is 15. The van der Waals surface area contributed by atoms with Gasteiger partial charge in [-0.05, 0) is 46.8 Å². The minimum Gasteiger partial charge on any atom is -0.309 e. The average molecular weight is 715 g/mol. The van der Waals surface area contributed by atoms with Gasteiger partial charge >= 0.3 is 0 Å². The fraction of sp³-hybridized carbons (Fsp3) is 0.0385. The monoisotopic (exact) mass is 714 g/mol. The highest BCUT2D eigenvalue weighted by Crippen LogP contribution is 2.50. The number of hydrogen-bond donors (Lipinski definition) is 0. The van der Waals surface area contributed by atoms with Crippen molar-refractivity contribution >= 4 is 75.9 Å². The Morgan fingerprint density at radius 3 is 1.70 bits per heavy atom. The van der Waals surface area contributed by atoms with Crippen LogP contribution >= 0.6 is 0 Å². The molecule has 0 saturated carbocycles. The van der Waals surface area contributed by atoms with Gasteiger partial charge in [0.1, 0.15) is 11.6 Å². The van der Waals surface area contributed by atoms with Crippen LogP contribution in [0, 0.1) is 0 Å². The Balaban J connectivity index is 1.35. The van der Waals surface area contributed by atoms with Crippen molar-refractivity contribution in [1.29, 1.82) is 0 Å². The lowest BCUT2D eigenvalue weighted by atomic mass is 9.90. The Kier molecular flexibility index (Phi) is 6.72. The first kappa shape index (κ1) is 31.1. The Bertz CT molecular complexity index is 3440. The number of nitrogens with zero attached hydrogens (tertiary/aromatic N) is 4. The van der Waals surface area contributed by atoms with Crippen LogP contribution in [0.1, 0.15) is 18.2 Å². The van der Waals surface area contributed by atoms with E-state index in [4.69, 9.17) is 9.97 Å². The van der Waals surface area contributed by atoms with E-state index in [0.29, 0.717) is 0 Å². The van der Waals surface area contributed by atoms with Crippen molar-refractivity contribution in [2.24, 2.45) is 0 Å². The molecule has 3 aromatic heterocycles. The second kappa shape index (κ2) is 12.1. The third-order valence-electron chi connectivity index (χ3n) is 11.8. The molecule has 0 amide bonds. The summed E-state index contributed by atoms with van der Waals surface area (Å²) in [6.07, 6.45) is 9.55. The van der Waals surface area contributed by atoms with Gasteiger partial charge in [0.25, 0.3) is 0 Å². The topological polar surface area (TPSA) is 35.6 Å². The SMILES string of the molecule is C1=CCC(c2nc(-c3ccccc3)cc(-n3c4ccccc4c4c5ccccc5c5c6c7ccccc7n(-c7ccccc7)c6c6ccccc6c5c43)n2)C=C1.